The smallest absolute Gasteiger partial charge is 0.149 e. The Kier molecular flexibility index (Phi) is 4.69. The molecule has 0 saturated carbocycles. The fraction of sp³-hybridized carbons (Fsp3) is 0.0952. The molecule has 0 aliphatic rings. The predicted molar refractivity (Wildman–Crippen MR) is 111 cm³/mol. The van der Waals surface area contributed by atoms with Crippen LogP contribution in [0.3, 0.4) is 0 Å². The van der Waals surface area contributed by atoms with E-state index in [1.54, 1.807) is 11.3 Å². The van der Waals surface area contributed by atoms with E-state index in [2.05, 4.69) is 69.9 Å². The average Bonchev–Trinajstić information content (AvgIpc) is 3.07. The monoisotopic (exact) mass is 371 g/mol. The van der Waals surface area contributed by atoms with Crippen LogP contribution in [0.5, 0.6) is 0 Å². The zero-order valence-corrected chi connectivity index (χ0v) is 15.3. The van der Waals surface area contributed by atoms with Gasteiger partial charge >= 0.3 is 0 Å². The van der Waals surface area contributed by atoms with Gasteiger partial charge in [-0.15, -0.1) is 11.3 Å². The number of hydrogen-bond acceptors (Lipinski definition) is 6. The van der Waals surface area contributed by atoms with E-state index in [0.29, 0.717) is 12.4 Å². The number of benzene rings is 2. The third kappa shape index (κ3) is 3.33. The molecule has 3 N–H and O–H groups in total. The highest BCUT2D eigenvalue weighted by atomic mass is 32.1. The van der Waals surface area contributed by atoms with Crippen LogP contribution in [-0.2, 0) is 6.42 Å². The molecular weight excluding hydrogens is 354 g/mol. The first-order chi connectivity index (χ1) is 13.3. The van der Waals surface area contributed by atoms with Crippen molar-refractivity contribution in [2.24, 2.45) is 0 Å². The van der Waals surface area contributed by atoms with Crippen LogP contribution >= 0.6 is 11.3 Å². The summed E-state index contributed by atoms with van der Waals surface area (Å²) in [6.45, 7) is 0.651. The van der Waals surface area contributed by atoms with Gasteiger partial charge < -0.3 is 11.1 Å². The van der Waals surface area contributed by atoms with Crippen molar-refractivity contribution in [3.8, 4) is 17.2 Å². The second kappa shape index (κ2) is 7.44. The number of hydrogen-bond donors (Lipinski definition) is 2. The minimum Gasteiger partial charge on any atom is -0.382 e. The molecule has 0 aliphatic heterocycles. The highest BCUT2D eigenvalue weighted by Gasteiger charge is 2.14. The van der Waals surface area contributed by atoms with Crippen LogP contribution < -0.4 is 11.1 Å². The van der Waals surface area contributed by atoms with E-state index in [1.165, 1.54) is 32.4 Å². The fourth-order valence-corrected chi connectivity index (χ4v) is 4.36. The second-order valence-corrected chi connectivity index (χ2v) is 7.17. The minimum atomic E-state index is 0.196. The summed E-state index contributed by atoms with van der Waals surface area (Å²) in [6.07, 6.45) is 2.19. The number of thiophene rings is 1. The number of fused-ring (bicyclic) bond motifs is 1. The van der Waals surface area contributed by atoms with Gasteiger partial charge in [-0.1, -0.05) is 48.5 Å². The van der Waals surface area contributed by atoms with Gasteiger partial charge in [0.25, 0.3) is 0 Å². The van der Waals surface area contributed by atoms with Crippen LogP contribution in [0.25, 0.3) is 21.2 Å². The normalized spacial score (nSPS) is 10.6. The summed E-state index contributed by atoms with van der Waals surface area (Å²) >= 11 is 1.80. The van der Waals surface area contributed by atoms with Gasteiger partial charge in [0.2, 0.25) is 0 Å². The van der Waals surface area contributed by atoms with Crippen molar-refractivity contribution in [1.82, 2.24) is 9.97 Å². The van der Waals surface area contributed by atoms with Crippen LogP contribution in [0, 0.1) is 11.3 Å². The first kappa shape index (κ1) is 17.0. The lowest BCUT2D eigenvalue weighted by atomic mass is 10.0. The van der Waals surface area contributed by atoms with Crippen LogP contribution in [0.1, 0.15) is 10.4 Å². The number of aromatic nitrogens is 2. The van der Waals surface area contributed by atoms with E-state index < -0.39 is 0 Å². The summed E-state index contributed by atoms with van der Waals surface area (Å²) in [4.78, 5) is 9.31. The molecule has 4 rings (SSSR count). The van der Waals surface area contributed by atoms with Crippen molar-refractivity contribution in [3.05, 3.63) is 71.4 Å². The van der Waals surface area contributed by atoms with E-state index in [4.69, 9.17) is 5.73 Å². The topological polar surface area (TPSA) is 87.6 Å². The molecule has 0 spiro atoms. The summed E-state index contributed by atoms with van der Waals surface area (Å²) in [7, 11) is 0. The zero-order valence-electron chi connectivity index (χ0n) is 14.5. The number of nitrogens with zero attached hydrogens (tertiary/aromatic N) is 3. The molecule has 132 valence electrons. The third-order valence-corrected chi connectivity index (χ3v) is 5.59. The van der Waals surface area contributed by atoms with Crippen LogP contribution in [-0.4, -0.2) is 16.5 Å². The maximum atomic E-state index is 9.26. The molecular formula is C21H17N5S. The molecule has 0 amide bonds. The van der Waals surface area contributed by atoms with Gasteiger partial charge in [-0.2, -0.15) is 5.26 Å². The van der Waals surface area contributed by atoms with Gasteiger partial charge in [0.15, 0.2) is 0 Å². The Labute approximate surface area is 161 Å². The van der Waals surface area contributed by atoms with E-state index in [1.807, 2.05) is 6.07 Å². The first-order valence-corrected chi connectivity index (χ1v) is 9.40. The van der Waals surface area contributed by atoms with Gasteiger partial charge in [-0.3, -0.25) is 0 Å². The van der Waals surface area contributed by atoms with E-state index >= 15 is 0 Å². The first-order valence-electron chi connectivity index (χ1n) is 8.58. The SMILES string of the molecule is N#Cc1c(N)ncnc1NCCc1sc2ccccc2c1-c1ccccc1. The Morgan fingerprint density at radius 2 is 1.81 bits per heavy atom. The van der Waals surface area contributed by atoms with E-state index in [-0.39, 0.29) is 11.4 Å². The summed E-state index contributed by atoms with van der Waals surface area (Å²) in [5, 5.41) is 13.8. The zero-order chi connectivity index (χ0) is 18.6. The van der Waals surface area contributed by atoms with Crippen LogP contribution in [0.2, 0.25) is 0 Å². The standard InChI is InChI=1S/C21H17N5S/c22-12-16-20(23)25-13-26-21(16)24-11-10-18-19(14-6-2-1-3-7-14)15-8-4-5-9-17(15)27-18/h1-9,13H,10-11H2,(H3,23,24,25,26). The summed E-state index contributed by atoms with van der Waals surface area (Å²) in [6, 6.07) is 21.0. The molecule has 0 bridgehead atoms. The van der Waals surface area contributed by atoms with E-state index in [9.17, 15) is 5.26 Å². The molecule has 0 fully saturated rings. The lowest BCUT2D eigenvalue weighted by molar-refractivity contribution is 1.02. The molecule has 2 aromatic heterocycles. The maximum Gasteiger partial charge on any atom is 0.149 e. The largest absolute Gasteiger partial charge is 0.382 e. The van der Waals surface area contributed by atoms with E-state index in [0.717, 1.165) is 6.42 Å². The lowest BCUT2D eigenvalue weighted by Gasteiger charge is -2.09. The second-order valence-electron chi connectivity index (χ2n) is 6.03. The predicted octanol–water partition coefficient (Wildman–Crippen LogP) is 4.47. The van der Waals surface area contributed by atoms with Gasteiger partial charge in [0.05, 0.1) is 0 Å². The average molecular weight is 371 g/mol. The minimum absolute atomic E-state index is 0.196. The molecule has 2 heterocycles. The van der Waals surface area contributed by atoms with Crippen LogP contribution in [0.15, 0.2) is 60.9 Å². The quantitative estimate of drug-likeness (QED) is 0.540. The number of nitrogens with two attached hydrogens (primary N) is 1. The Bertz CT molecular complexity index is 1130. The van der Waals surface area contributed by atoms with Crippen molar-refractivity contribution in [1.29, 1.82) is 5.26 Å². The number of anilines is 2. The lowest BCUT2D eigenvalue weighted by Crippen LogP contribution is -2.09. The Hall–Kier alpha value is -3.43. The van der Waals surface area contributed by atoms with Gasteiger partial charge in [0, 0.05) is 27.1 Å². The summed E-state index contributed by atoms with van der Waals surface area (Å²) in [5.41, 5.74) is 8.54. The maximum absolute atomic E-state index is 9.26. The fourth-order valence-electron chi connectivity index (χ4n) is 3.13. The molecule has 27 heavy (non-hydrogen) atoms. The molecule has 2 aromatic carbocycles. The van der Waals surface area contributed by atoms with Gasteiger partial charge in [-0.05, 0) is 18.1 Å². The Morgan fingerprint density at radius 1 is 1.04 bits per heavy atom. The molecule has 6 heteroatoms. The highest BCUT2D eigenvalue weighted by Crippen LogP contribution is 2.38. The molecule has 0 unspecified atom stereocenters. The van der Waals surface area contributed by atoms with Gasteiger partial charge in [0.1, 0.15) is 29.6 Å². The van der Waals surface area contributed by atoms with Crippen molar-refractivity contribution >= 4 is 33.1 Å². The highest BCUT2D eigenvalue weighted by molar-refractivity contribution is 7.19. The Balaban J connectivity index is 1.64. The number of nitrogens with one attached hydrogen (secondary N) is 1. The number of nitrogen functional groups attached to an aromatic ring is 1. The molecule has 4 aromatic rings. The third-order valence-electron chi connectivity index (χ3n) is 4.36. The van der Waals surface area contributed by atoms with Crippen molar-refractivity contribution in [3.63, 3.8) is 0 Å². The van der Waals surface area contributed by atoms with Crippen molar-refractivity contribution in [2.45, 2.75) is 6.42 Å². The number of rotatable bonds is 5. The van der Waals surface area contributed by atoms with Crippen LogP contribution in [0.4, 0.5) is 11.6 Å². The molecule has 0 atom stereocenters. The summed E-state index contributed by atoms with van der Waals surface area (Å²) in [5.74, 6) is 0.675. The Morgan fingerprint density at radius 3 is 2.63 bits per heavy atom. The molecule has 0 radical (unpaired) electrons. The number of nitriles is 1. The molecule has 0 saturated heterocycles. The van der Waals surface area contributed by atoms with Crippen molar-refractivity contribution in [2.75, 3.05) is 17.6 Å². The molecule has 5 nitrogen and oxygen atoms in total. The molecule has 0 aliphatic carbocycles. The summed E-state index contributed by atoms with van der Waals surface area (Å²) < 4.78 is 1.27. The van der Waals surface area contributed by atoms with Crippen molar-refractivity contribution < 1.29 is 0 Å². The van der Waals surface area contributed by atoms with Gasteiger partial charge in [-0.25, -0.2) is 9.97 Å².